The Labute approximate surface area is 196 Å². The Kier molecular flexibility index (Phi) is 6.36. The second-order valence-corrected chi connectivity index (χ2v) is 7.40. The van der Waals surface area contributed by atoms with Crippen LogP contribution in [-0.2, 0) is 20.5 Å². The van der Waals surface area contributed by atoms with Gasteiger partial charge in [-0.25, -0.2) is 9.78 Å². The maximum absolute atomic E-state index is 13.0. The van der Waals surface area contributed by atoms with Crippen LogP contribution in [0.15, 0.2) is 61.1 Å². The number of nitrogens with one attached hydrogen (secondary N) is 1. The number of aromatic nitrogens is 2. The van der Waals surface area contributed by atoms with Crippen molar-refractivity contribution in [2.75, 3.05) is 16.8 Å². The summed E-state index contributed by atoms with van der Waals surface area (Å²) in [6.45, 7) is 0.829. The number of benzene rings is 1. The van der Waals surface area contributed by atoms with Crippen LogP contribution >= 0.6 is 0 Å². The van der Waals surface area contributed by atoms with E-state index >= 15 is 0 Å². The molecule has 4 rings (SSSR count). The molecule has 35 heavy (non-hydrogen) atoms. The number of halogens is 3. The number of alkyl halides is 3. The molecule has 2 aromatic heterocycles. The summed E-state index contributed by atoms with van der Waals surface area (Å²) in [7, 11) is 0. The minimum absolute atomic E-state index is 0.0486. The Balaban J connectivity index is 1.53. The smallest absolute Gasteiger partial charge is 0.416 e. The number of hydrogen-bond acceptors (Lipinski definition) is 7. The number of nitrogens with zero attached hydrogens (tertiary/aromatic N) is 3. The van der Waals surface area contributed by atoms with Crippen molar-refractivity contribution in [1.29, 1.82) is 0 Å². The van der Waals surface area contributed by atoms with Crippen LogP contribution in [0.4, 0.5) is 24.5 Å². The van der Waals surface area contributed by atoms with Crippen LogP contribution in [0.25, 0.3) is 0 Å². The summed E-state index contributed by atoms with van der Waals surface area (Å²) in [6, 6.07) is 8.70. The lowest BCUT2D eigenvalue weighted by Gasteiger charge is -2.31. The van der Waals surface area contributed by atoms with E-state index in [2.05, 4.69) is 15.3 Å². The number of rotatable bonds is 5. The molecule has 180 valence electrons. The van der Waals surface area contributed by atoms with Gasteiger partial charge in [-0.3, -0.25) is 19.5 Å². The molecule has 0 aliphatic carbocycles. The second-order valence-electron chi connectivity index (χ2n) is 7.40. The SMILES string of the molecule is CC(OC(=O)c1cccnc1Oc1cccnc1)C(=O)N1CC(=O)Nc2cc(C(F)(F)F)ccc21. The lowest BCUT2D eigenvalue weighted by Crippen LogP contribution is -2.47. The Hall–Kier alpha value is -4.48. The fourth-order valence-electron chi connectivity index (χ4n) is 3.30. The molecule has 0 saturated heterocycles. The molecule has 1 aromatic carbocycles. The van der Waals surface area contributed by atoms with E-state index in [0.29, 0.717) is 5.75 Å². The van der Waals surface area contributed by atoms with E-state index in [1.54, 1.807) is 12.1 Å². The summed E-state index contributed by atoms with van der Waals surface area (Å²) < 4.78 is 50.0. The zero-order valence-electron chi connectivity index (χ0n) is 18.1. The van der Waals surface area contributed by atoms with E-state index in [0.717, 1.165) is 23.1 Å². The summed E-state index contributed by atoms with van der Waals surface area (Å²) in [5.41, 5.74) is -1.18. The maximum atomic E-state index is 13.0. The number of carbonyl (C=O) groups excluding carboxylic acids is 3. The van der Waals surface area contributed by atoms with Crippen molar-refractivity contribution in [1.82, 2.24) is 9.97 Å². The van der Waals surface area contributed by atoms with Crippen molar-refractivity contribution in [3.05, 3.63) is 72.2 Å². The van der Waals surface area contributed by atoms with E-state index < -0.39 is 42.2 Å². The predicted molar refractivity (Wildman–Crippen MR) is 116 cm³/mol. The van der Waals surface area contributed by atoms with E-state index in [9.17, 15) is 27.6 Å². The number of esters is 1. The van der Waals surface area contributed by atoms with E-state index in [1.165, 1.54) is 37.6 Å². The minimum Gasteiger partial charge on any atom is -0.449 e. The summed E-state index contributed by atoms with van der Waals surface area (Å²) in [6.07, 6.45) is -1.66. The molecule has 2 amide bonds. The molecule has 0 radical (unpaired) electrons. The summed E-state index contributed by atoms with van der Waals surface area (Å²) in [5.74, 6) is -2.17. The first-order valence-corrected chi connectivity index (χ1v) is 10.2. The molecule has 1 aliphatic rings. The average Bonchev–Trinajstić information content (AvgIpc) is 2.83. The van der Waals surface area contributed by atoms with Gasteiger partial charge < -0.3 is 14.8 Å². The number of fused-ring (bicyclic) bond motifs is 1. The van der Waals surface area contributed by atoms with Gasteiger partial charge >= 0.3 is 12.1 Å². The zero-order chi connectivity index (χ0) is 25.2. The quantitative estimate of drug-likeness (QED) is 0.546. The second kappa shape index (κ2) is 9.41. The van der Waals surface area contributed by atoms with Crippen LogP contribution in [-0.4, -0.2) is 40.4 Å². The normalized spacial score (nSPS) is 13.9. The highest BCUT2D eigenvalue weighted by Crippen LogP contribution is 2.37. The Morgan fingerprint density at radius 2 is 1.91 bits per heavy atom. The highest BCUT2D eigenvalue weighted by molar-refractivity contribution is 6.11. The predicted octanol–water partition coefficient (Wildman–Crippen LogP) is 3.82. The number of amides is 2. The fraction of sp³-hybridized carbons (Fsp3) is 0.174. The van der Waals surface area contributed by atoms with Crippen molar-refractivity contribution in [2.45, 2.75) is 19.2 Å². The molecule has 1 unspecified atom stereocenters. The van der Waals surface area contributed by atoms with Gasteiger partial charge in [-0.05, 0) is 49.4 Å². The number of pyridine rings is 2. The Bertz CT molecular complexity index is 1280. The minimum atomic E-state index is -4.63. The lowest BCUT2D eigenvalue weighted by molar-refractivity contribution is -0.137. The van der Waals surface area contributed by atoms with Crippen LogP contribution in [0.3, 0.4) is 0 Å². The third-order valence-corrected chi connectivity index (χ3v) is 4.93. The molecule has 9 nitrogen and oxygen atoms in total. The zero-order valence-corrected chi connectivity index (χ0v) is 18.1. The van der Waals surface area contributed by atoms with Crippen molar-refractivity contribution >= 4 is 29.2 Å². The van der Waals surface area contributed by atoms with E-state index in [1.807, 2.05) is 0 Å². The van der Waals surface area contributed by atoms with Gasteiger partial charge in [0, 0.05) is 12.4 Å². The van der Waals surface area contributed by atoms with Gasteiger partial charge in [0.1, 0.15) is 17.9 Å². The highest BCUT2D eigenvalue weighted by atomic mass is 19.4. The molecule has 0 fully saturated rings. The van der Waals surface area contributed by atoms with Gasteiger partial charge in [0.25, 0.3) is 5.91 Å². The molecule has 1 N–H and O–H groups in total. The van der Waals surface area contributed by atoms with Crippen LogP contribution in [0, 0.1) is 0 Å². The number of hydrogen-bond donors (Lipinski definition) is 1. The van der Waals surface area contributed by atoms with Crippen LogP contribution in [0.5, 0.6) is 11.6 Å². The highest BCUT2D eigenvalue weighted by Gasteiger charge is 2.36. The van der Waals surface area contributed by atoms with Crippen molar-refractivity contribution in [3.8, 4) is 11.6 Å². The fourth-order valence-corrected chi connectivity index (χ4v) is 3.30. The molecule has 1 atom stereocenters. The van der Waals surface area contributed by atoms with Crippen LogP contribution in [0.1, 0.15) is 22.8 Å². The first-order valence-electron chi connectivity index (χ1n) is 10.2. The number of anilines is 2. The van der Waals surface area contributed by atoms with Gasteiger partial charge in [0.15, 0.2) is 6.10 Å². The van der Waals surface area contributed by atoms with Gasteiger partial charge in [0.05, 0.1) is 23.1 Å². The van der Waals surface area contributed by atoms with Crippen molar-refractivity contribution in [2.24, 2.45) is 0 Å². The third kappa shape index (κ3) is 5.21. The van der Waals surface area contributed by atoms with Crippen LogP contribution in [0.2, 0.25) is 0 Å². The summed E-state index contributed by atoms with van der Waals surface area (Å²) in [4.78, 5) is 46.8. The first-order chi connectivity index (χ1) is 16.6. The average molecular weight is 486 g/mol. The molecule has 0 bridgehead atoms. The largest absolute Gasteiger partial charge is 0.449 e. The van der Waals surface area contributed by atoms with Gasteiger partial charge in [0.2, 0.25) is 11.8 Å². The molecule has 3 heterocycles. The summed E-state index contributed by atoms with van der Waals surface area (Å²) >= 11 is 0. The molecule has 1 aliphatic heterocycles. The molecular weight excluding hydrogens is 469 g/mol. The summed E-state index contributed by atoms with van der Waals surface area (Å²) in [5, 5.41) is 2.32. The lowest BCUT2D eigenvalue weighted by atomic mass is 10.1. The van der Waals surface area contributed by atoms with Crippen molar-refractivity contribution < 1.29 is 37.0 Å². The number of carbonyl (C=O) groups is 3. The van der Waals surface area contributed by atoms with Crippen molar-refractivity contribution in [3.63, 3.8) is 0 Å². The van der Waals surface area contributed by atoms with Crippen LogP contribution < -0.4 is 15.0 Å². The maximum Gasteiger partial charge on any atom is 0.416 e. The first kappa shape index (κ1) is 23.7. The topological polar surface area (TPSA) is 111 Å². The standard InChI is InChI=1S/C23H17F3N4O5/c1-13(34-22(33)16-5-3-9-28-20(16)35-15-4-2-8-27-11-15)21(32)30-12-19(31)29-17-10-14(23(24,25)26)6-7-18(17)30/h2-11,13H,12H2,1H3,(H,29,31). The van der Waals surface area contributed by atoms with Gasteiger partial charge in [-0.15, -0.1) is 0 Å². The molecule has 0 spiro atoms. The molecular formula is C23H17F3N4O5. The molecule has 12 heteroatoms. The monoisotopic (exact) mass is 486 g/mol. The van der Waals surface area contributed by atoms with E-state index in [4.69, 9.17) is 9.47 Å². The third-order valence-electron chi connectivity index (χ3n) is 4.93. The Morgan fingerprint density at radius 3 is 2.63 bits per heavy atom. The number of ether oxygens (including phenoxy) is 2. The molecule has 0 saturated carbocycles. The molecule has 3 aromatic rings. The van der Waals surface area contributed by atoms with Gasteiger partial charge in [-0.1, -0.05) is 0 Å². The van der Waals surface area contributed by atoms with E-state index in [-0.39, 0.29) is 22.8 Å². The van der Waals surface area contributed by atoms with Gasteiger partial charge in [-0.2, -0.15) is 13.2 Å². The Morgan fingerprint density at radius 1 is 1.14 bits per heavy atom.